The molecule has 0 bridgehead atoms. The van der Waals surface area contributed by atoms with Gasteiger partial charge in [-0.3, -0.25) is 14.5 Å². The fourth-order valence-corrected chi connectivity index (χ4v) is 1.97. The average Bonchev–Trinajstić information content (AvgIpc) is 2.78. The lowest BCUT2D eigenvalue weighted by Gasteiger charge is -2.26. The van der Waals surface area contributed by atoms with Crippen molar-refractivity contribution in [2.24, 2.45) is 0 Å². The van der Waals surface area contributed by atoms with Gasteiger partial charge in [0.2, 0.25) is 6.41 Å². The molecule has 6 nitrogen and oxygen atoms in total. The largest absolute Gasteiger partial charge is 0.480 e. The predicted octanol–water partition coefficient (Wildman–Crippen LogP) is -0.743. The van der Waals surface area contributed by atoms with Crippen molar-refractivity contribution in [1.29, 1.82) is 0 Å². The summed E-state index contributed by atoms with van der Waals surface area (Å²) in [6.45, 7) is 0.963. The molecule has 1 rings (SSSR count). The topological polar surface area (TPSA) is 78.9 Å². The Bertz CT molecular complexity index is 334. The van der Waals surface area contributed by atoms with E-state index in [1.807, 2.05) is 0 Å². The SMILES string of the molecule is COC#CC(CNC=O)N1CCCC1C(=O)O. The number of amides is 1. The fourth-order valence-electron chi connectivity index (χ4n) is 1.97. The van der Waals surface area contributed by atoms with Crippen LogP contribution >= 0.6 is 0 Å². The van der Waals surface area contributed by atoms with E-state index in [1.165, 1.54) is 7.11 Å². The van der Waals surface area contributed by atoms with Crippen LogP contribution in [0.25, 0.3) is 0 Å². The van der Waals surface area contributed by atoms with E-state index >= 15 is 0 Å². The molecule has 2 atom stereocenters. The molecule has 1 aliphatic heterocycles. The molecule has 0 aliphatic carbocycles. The summed E-state index contributed by atoms with van der Waals surface area (Å²) in [5, 5.41) is 11.6. The third kappa shape index (κ3) is 3.64. The van der Waals surface area contributed by atoms with Crippen LogP contribution in [-0.4, -0.2) is 54.7 Å². The van der Waals surface area contributed by atoms with Gasteiger partial charge in [-0.1, -0.05) is 0 Å². The van der Waals surface area contributed by atoms with Crippen LogP contribution in [0.2, 0.25) is 0 Å². The highest BCUT2D eigenvalue weighted by Gasteiger charge is 2.34. The molecule has 6 heteroatoms. The van der Waals surface area contributed by atoms with Crippen LogP contribution in [0.3, 0.4) is 0 Å². The lowest BCUT2D eigenvalue weighted by molar-refractivity contribution is -0.142. The molecule has 0 saturated carbocycles. The lowest BCUT2D eigenvalue weighted by Crippen LogP contribution is -2.47. The zero-order valence-corrected chi connectivity index (χ0v) is 9.68. The van der Waals surface area contributed by atoms with Gasteiger partial charge in [0.05, 0.1) is 13.2 Å². The van der Waals surface area contributed by atoms with Crippen molar-refractivity contribution in [3.05, 3.63) is 0 Å². The van der Waals surface area contributed by atoms with Gasteiger partial charge in [-0.2, -0.15) is 0 Å². The Morgan fingerprint density at radius 1 is 1.76 bits per heavy atom. The summed E-state index contributed by atoms with van der Waals surface area (Å²) in [6.07, 6.45) is 4.47. The second-order valence-electron chi connectivity index (χ2n) is 3.73. The van der Waals surface area contributed by atoms with Crippen molar-refractivity contribution >= 4 is 12.4 Å². The highest BCUT2D eigenvalue weighted by molar-refractivity contribution is 5.74. The molecule has 1 fully saturated rings. The van der Waals surface area contributed by atoms with Crippen LogP contribution < -0.4 is 5.32 Å². The molecule has 2 N–H and O–H groups in total. The number of carbonyl (C=O) groups excluding carboxylic acids is 1. The molecule has 1 amide bonds. The monoisotopic (exact) mass is 240 g/mol. The highest BCUT2D eigenvalue weighted by Crippen LogP contribution is 2.19. The number of nitrogens with one attached hydrogen (secondary N) is 1. The van der Waals surface area contributed by atoms with E-state index < -0.39 is 12.0 Å². The third-order valence-electron chi connectivity index (χ3n) is 2.70. The predicted molar refractivity (Wildman–Crippen MR) is 60.0 cm³/mol. The minimum atomic E-state index is -0.849. The summed E-state index contributed by atoms with van der Waals surface area (Å²) >= 11 is 0. The van der Waals surface area contributed by atoms with Crippen LogP contribution in [-0.2, 0) is 14.3 Å². The molecule has 0 radical (unpaired) electrons. The summed E-state index contributed by atoms with van der Waals surface area (Å²) < 4.78 is 4.66. The van der Waals surface area contributed by atoms with Crippen LogP contribution in [0, 0.1) is 12.0 Å². The summed E-state index contributed by atoms with van der Waals surface area (Å²) in [4.78, 5) is 23.1. The van der Waals surface area contributed by atoms with Gasteiger partial charge in [-0.25, -0.2) is 0 Å². The second kappa shape index (κ2) is 6.76. The molecule has 1 saturated heterocycles. The van der Waals surface area contributed by atoms with Gasteiger partial charge >= 0.3 is 5.97 Å². The van der Waals surface area contributed by atoms with Crippen molar-refractivity contribution in [1.82, 2.24) is 10.2 Å². The lowest BCUT2D eigenvalue weighted by atomic mass is 10.2. The minimum absolute atomic E-state index is 0.295. The molecule has 2 unspecified atom stereocenters. The van der Waals surface area contributed by atoms with Gasteiger partial charge in [-0.15, -0.1) is 0 Å². The van der Waals surface area contributed by atoms with Gasteiger partial charge in [0, 0.05) is 13.1 Å². The quantitative estimate of drug-likeness (QED) is 0.488. The van der Waals surface area contributed by atoms with E-state index in [-0.39, 0.29) is 6.04 Å². The Morgan fingerprint density at radius 3 is 3.12 bits per heavy atom. The molecule has 0 aromatic carbocycles. The molecular formula is C11H16N2O4. The maximum Gasteiger partial charge on any atom is 0.320 e. The molecule has 0 spiro atoms. The first-order valence-electron chi connectivity index (χ1n) is 5.39. The summed E-state index contributed by atoms with van der Waals surface area (Å²) in [5.74, 6) is 1.95. The Hall–Kier alpha value is -1.74. The van der Waals surface area contributed by atoms with Crippen LogP contribution in [0.1, 0.15) is 12.8 Å². The Labute approximate surface area is 99.9 Å². The molecule has 1 aliphatic rings. The van der Waals surface area contributed by atoms with Crippen molar-refractivity contribution in [2.45, 2.75) is 24.9 Å². The Balaban J connectivity index is 2.73. The number of carbonyl (C=O) groups is 2. The van der Waals surface area contributed by atoms with Crippen molar-refractivity contribution in [3.8, 4) is 12.0 Å². The summed E-state index contributed by atoms with van der Waals surface area (Å²) in [6, 6.07) is -0.858. The smallest absolute Gasteiger partial charge is 0.320 e. The van der Waals surface area contributed by atoms with Gasteiger partial charge in [-0.05, 0) is 18.8 Å². The summed E-state index contributed by atoms with van der Waals surface area (Å²) in [7, 11) is 1.44. The zero-order valence-electron chi connectivity index (χ0n) is 9.68. The second-order valence-corrected chi connectivity index (χ2v) is 3.73. The first kappa shape index (κ1) is 13.3. The normalized spacial score (nSPS) is 21.1. The van der Waals surface area contributed by atoms with Crippen LogP contribution in [0.4, 0.5) is 0 Å². The fraction of sp³-hybridized carbons (Fsp3) is 0.636. The maximum atomic E-state index is 11.1. The number of methoxy groups -OCH3 is 1. The van der Waals surface area contributed by atoms with Gasteiger partial charge in [0.15, 0.2) is 0 Å². The van der Waals surface area contributed by atoms with Crippen molar-refractivity contribution in [2.75, 3.05) is 20.2 Å². The number of hydrogen-bond acceptors (Lipinski definition) is 4. The molecule has 17 heavy (non-hydrogen) atoms. The van der Waals surface area contributed by atoms with Gasteiger partial charge in [0.1, 0.15) is 12.1 Å². The minimum Gasteiger partial charge on any atom is -0.480 e. The molecular weight excluding hydrogens is 224 g/mol. The van der Waals surface area contributed by atoms with Crippen molar-refractivity contribution in [3.63, 3.8) is 0 Å². The average molecular weight is 240 g/mol. The highest BCUT2D eigenvalue weighted by atomic mass is 16.5. The number of likely N-dealkylation sites (tertiary alicyclic amines) is 1. The molecule has 1 heterocycles. The molecule has 94 valence electrons. The van der Waals surface area contributed by atoms with Gasteiger partial charge < -0.3 is 15.2 Å². The van der Waals surface area contributed by atoms with E-state index in [9.17, 15) is 9.59 Å². The van der Waals surface area contributed by atoms with E-state index in [0.717, 1.165) is 6.42 Å². The van der Waals surface area contributed by atoms with Crippen LogP contribution in [0.5, 0.6) is 0 Å². The standard InChI is InChI=1S/C11H16N2O4/c1-17-6-4-9(7-12-8-14)13-5-2-3-10(13)11(15)16/h8-10H,2-3,5,7H2,1H3,(H,12,14)(H,15,16). The number of carboxylic acid groups (broad SMARTS) is 1. The Kier molecular flexibility index (Phi) is 5.30. The van der Waals surface area contributed by atoms with Gasteiger partial charge in [0.25, 0.3) is 0 Å². The number of carboxylic acids is 1. The molecule has 0 aromatic heterocycles. The first-order chi connectivity index (χ1) is 8.20. The molecule has 0 aromatic rings. The number of hydrogen-bond donors (Lipinski definition) is 2. The van der Waals surface area contributed by atoms with Crippen molar-refractivity contribution < 1.29 is 19.4 Å². The number of rotatable bonds is 5. The first-order valence-corrected chi connectivity index (χ1v) is 5.39. The van der Waals surface area contributed by atoms with E-state index in [4.69, 9.17) is 5.11 Å². The number of nitrogens with zero attached hydrogens (tertiary/aromatic N) is 1. The number of ether oxygens (including phenoxy) is 1. The number of aliphatic carboxylic acids is 1. The maximum absolute atomic E-state index is 11.1. The van der Waals surface area contributed by atoms with E-state index in [2.05, 4.69) is 22.1 Å². The Morgan fingerprint density at radius 2 is 2.53 bits per heavy atom. The van der Waals surface area contributed by atoms with E-state index in [1.54, 1.807) is 4.90 Å². The van der Waals surface area contributed by atoms with E-state index in [0.29, 0.717) is 25.9 Å². The summed E-state index contributed by atoms with van der Waals surface area (Å²) in [5.41, 5.74) is 0. The van der Waals surface area contributed by atoms with Crippen LogP contribution in [0.15, 0.2) is 0 Å². The zero-order chi connectivity index (χ0) is 12.7. The third-order valence-corrected chi connectivity index (χ3v) is 2.70.